The average Bonchev–Trinajstić information content (AvgIpc) is 2.93. The van der Waals surface area contributed by atoms with E-state index in [0.717, 1.165) is 65.0 Å². The Balaban J connectivity index is 1.45. The van der Waals surface area contributed by atoms with E-state index < -0.39 is 5.60 Å². The van der Waals surface area contributed by atoms with E-state index in [2.05, 4.69) is 47.2 Å². The number of aliphatic hydroxyl groups is 1. The average molecular weight is 347 g/mol. The Morgan fingerprint density at radius 3 is 2.72 bits per heavy atom. The first kappa shape index (κ1) is 18.8. The summed E-state index contributed by atoms with van der Waals surface area (Å²) in [6, 6.07) is 10.7. The second-order valence-electron chi connectivity index (χ2n) is 8.01. The molecule has 25 heavy (non-hydrogen) atoms. The number of benzene rings is 1. The van der Waals surface area contributed by atoms with Crippen LogP contribution in [0.25, 0.3) is 0 Å². The normalized spacial score (nSPS) is 24.5. The van der Waals surface area contributed by atoms with Gasteiger partial charge in [0.25, 0.3) is 0 Å². The zero-order valence-corrected chi connectivity index (χ0v) is 15.7. The van der Waals surface area contributed by atoms with Crippen molar-refractivity contribution in [3.63, 3.8) is 0 Å². The summed E-state index contributed by atoms with van der Waals surface area (Å²) in [5, 5.41) is 10.5. The van der Waals surface area contributed by atoms with Gasteiger partial charge in [-0.2, -0.15) is 0 Å². The fraction of sp³-hybridized carbons (Fsp3) is 0.714. The van der Waals surface area contributed by atoms with Gasteiger partial charge in [-0.15, -0.1) is 0 Å². The molecule has 1 aliphatic heterocycles. The van der Waals surface area contributed by atoms with Gasteiger partial charge in [-0.3, -0.25) is 4.90 Å². The van der Waals surface area contributed by atoms with Gasteiger partial charge in [0, 0.05) is 39.3 Å². The lowest BCUT2D eigenvalue weighted by molar-refractivity contribution is 0.0101. The lowest BCUT2D eigenvalue weighted by Gasteiger charge is -2.29. The highest BCUT2D eigenvalue weighted by atomic mass is 16.5. The molecule has 0 aromatic heterocycles. The summed E-state index contributed by atoms with van der Waals surface area (Å²) in [5.41, 5.74) is 0.970. The number of rotatable bonds is 7. The van der Waals surface area contributed by atoms with Crippen molar-refractivity contribution in [2.24, 2.45) is 0 Å². The highest BCUT2D eigenvalue weighted by Crippen LogP contribution is 2.32. The predicted molar refractivity (Wildman–Crippen MR) is 102 cm³/mol. The van der Waals surface area contributed by atoms with Crippen LogP contribution >= 0.6 is 0 Å². The van der Waals surface area contributed by atoms with E-state index in [4.69, 9.17) is 4.74 Å². The van der Waals surface area contributed by atoms with E-state index in [-0.39, 0.29) is 6.10 Å². The van der Waals surface area contributed by atoms with Gasteiger partial charge in [0.05, 0.1) is 11.7 Å². The number of likely N-dealkylation sites (N-methyl/N-ethyl adjacent to an activating group) is 1. The molecule has 1 heterocycles. The Morgan fingerprint density at radius 2 is 1.96 bits per heavy atom. The smallest absolute Gasteiger partial charge is 0.0828 e. The van der Waals surface area contributed by atoms with Crippen LogP contribution < -0.4 is 0 Å². The van der Waals surface area contributed by atoms with Crippen LogP contribution in [0, 0.1) is 0 Å². The molecule has 140 valence electrons. The first-order chi connectivity index (χ1) is 12.1. The summed E-state index contributed by atoms with van der Waals surface area (Å²) in [4.78, 5) is 4.86. The molecule has 1 aromatic rings. The number of nitrogens with zero attached hydrogens (tertiary/aromatic N) is 2. The van der Waals surface area contributed by atoms with Crippen LogP contribution in [0.15, 0.2) is 30.3 Å². The van der Waals surface area contributed by atoms with Gasteiger partial charge in [0.15, 0.2) is 0 Å². The fourth-order valence-corrected chi connectivity index (χ4v) is 4.19. The summed E-state index contributed by atoms with van der Waals surface area (Å²) in [5.74, 6) is 0. The molecule has 0 amide bonds. The minimum absolute atomic E-state index is 0.259. The number of ether oxygens (including phenoxy) is 1. The minimum atomic E-state index is -0.405. The Labute approximate surface area is 152 Å². The number of hydrogen-bond donors (Lipinski definition) is 1. The SMILES string of the molecule is CN(CCC1(O)CCCC1)CC1CN(Cc2ccccc2)CCCO1. The number of hydrogen-bond acceptors (Lipinski definition) is 4. The van der Waals surface area contributed by atoms with Gasteiger partial charge in [0.2, 0.25) is 0 Å². The van der Waals surface area contributed by atoms with E-state index in [1.807, 2.05) is 0 Å². The van der Waals surface area contributed by atoms with Crippen LogP contribution in [0.4, 0.5) is 0 Å². The Hall–Kier alpha value is -0.940. The van der Waals surface area contributed by atoms with Crippen LogP contribution in [0.1, 0.15) is 44.1 Å². The monoisotopic (exact) mass is 346 g/mol. The Morgan fingerprint density at radius 1 is 1.20 bits per heavy atom. The lowest BCUT2D eigenvalue weighted by Crippen LogP contribution is -2.40. The molecule has 3 rings (SSSR count). The van der Waals surface area contributed by atoms with Crippen molar-refractivity contribution in [2.75, 3.05) is 39.8 Å². The minimum Gasteiger partial charge on any atom is -0.390 e. The van der Waals surface area contributed by atoms with Gasteiger partial charge in [-0.1, -0.05) is 43.2 Å². The van der Waals surface area contributed by atoms with E-state index in [9.17, 15) is 5.11 Å². The molecule has 1 saturated carbocycles. The molecule has 0 radical (unpaired) electrons. The molecule has 2 aliphatic rings. The predicted octanol–water partition coefficient (Wildman–Crippen LogP) is 2.90. The van der Waals surface area contributed by atoms with Crippen molar-refractivity contribution in [3.05, 3.63) is 35.9 Å². The van der Waals surface area contributed by atoms with E-state index >= 15 is 0 Å². The molecule has 1 aliphatic carbocycles. The second-order valence-corrected chi connectivity index (χ2v) is 8.01. The molecule has 1 N–H and O–H groups in total. The first-order valence-corrected chi connectivity index (χ1v) is 9.92. The summed E-state index contributed by atoms with van der Waals surface area (Å²) < 4.78 is 6.09. The summed E-state index contributed by atoms with van der Waals surface area (Å²) in [6.07, 6.45) is 6.57. The van der Waals surface area contributed by atoms with Crippen LogP contribution in [0.3, 0.4) is 0 Å². The van der Waals surface area contributed by atoms with Crippen molar-refractivity contribution in [3.8, 4) is 0 Å². The van der Waals surface area contributed by atoms with Gasteiger partial charge < -0.3 is 14.7 Å². The van der Waals surface area contributed by atoms with Crippen molar-refractivity contribution in [2.45, 2.75) is 56.8 Å². The van der Waals surface area contributed by atoms with Crippen molar-refractivity contribution in [1.29, 1.82) is 0 Å². The third-order valence-corrected chi connectivity index (χ3v) is 5.69. The highest BCUT2D eigenvalue weighted by molar-refractivity contribution is 5.14. The zero-order chi connectivity index (χ0) is 17.5. The van der Waals surface area contributed by atoms with Crippen LogP contribution in [0.5, 0.6) is 0 Å². The summed E-state index contributed by atoms with van der Waals surface area (Å²) in [7, 11) is 2.16. The van der Waals surface area contributed by atoms with Crippen molar-refractivity contribution >= 4 is 0 Å². The molecule has 1 saturated heterocycles. The summed E-state index contributed by atoms with van der Waals surface area (Å²) >= 11 is 0. The maximum atomic E-state index is 10.5. The molecule has 2 fully saturated rings. The molecule has 0 bridgehead atoms. The van der Waals surface area contributed by atoms with E-state index in [1.54, 1.807) is 0 Å². The second kappa shape index (κ2) is 9.13. The van der Waals surface area contributed by atoms with Gasteiger partial charge in [-0.25, -0.2) is 0 Å². The first-order valence-electron chi connectivity index (χ1n) is 9.92. The molecule has 1 unspecified atom stereocenters. The fourth-order valence-electron chi connectivity index (χ4n) is 4.19. The largest absolute Gasteiger partial charge is 0.390 e. The van der Waals surface area contributed by atoms with Crippen molar-refractivity contribution in [1.82, 2.24) is 9.80 Å². The van der Waals surface area contributed by atoms with Crippen LogP contribution in [0.2, 0.25) is 0 Å². The molecule has 4 heteroatoms. The van der Waals surface area contributed by atoms with E-state index in [1.165, 1.54) is 18.4 Å². The molecule has 1 atom stereocenters. The summed E-state index contributed by atoms with van der Waals surface area (Å²) in [6.45, 7) is 5.85. The Kier molecular flexibility index (Phi) is 6.88. The van der Waals surface area contributed by atoms with E-state index in [0.29, 0.717) is 0 Å². The third-order valence-electron chi connectivity index (χ3n) is 5.69. The third kappa shape index (κ3) is 6.07. The van der Waals surface area contributed by atoms with Gasteiger partial charge in [0.1, 0.15) is 0 Å². The quantitative estimate of drug-likeness (QED) is 0.823. The standard InChI is InChI=1S/C21H34N2O2/c1-22(14-12-21(24)10-5-6-11-21)17-20-18-23(13-7-15-25-20)16-19-8-3-2-4-9-19/h2-4,8-9,20,24H,5-7,10-18H2,1H3. The lowest BCUT2D eigenvalue weighted by atomic mass is 9.98. The zero-order valence-electron chi connectivity index (χ0n) is 15.7. The van der Waals surface area contributed by atoms with Gasteiger partial charge >= 0.3 is 0 Å². The highest BCUT2D eigenvalue weighted by Gasteiger charge is 2.31. The van der Waals surface area contributed by atoms with Gasteiger partial charge in [-0.05, 0) is 38.3 Å². The maximum absolute atomic E-state index is 10.5. The topological polar surface area (TPSA) is 35.9 Å². The van der Waals surface area contributed by atoms with Crippen molar-refractivity contribution < 1.29 is 9.84 Å². The molecule has 4 nitrogen and oxygen atoms in total. The molecule has 1 aromatic carbocycles. The molecule has 0 spiro atoms. The molecular weight excluding hydrogens is 312 g/mol. The maximum Gasteiger partial charge on any atom is 0.0828 e. The Bertz CT molecular complexity index is 502. The van der Waals surface area contributed by atoms with Crippen LogP contribution in [-0.4, -0.2) is 66.4 Å². The molecular formula is C21H34N2O2. The van der Waals surface area contributed by atoms with Crippen LogP contribution in [-0.2, 0) is 11.3 Å².